The van der Waals surface area contributed by atoms with Crippen LogP contribution in [0.1, 0.15) is 6.42 Å². The number of amides is 2. The molecule has 1 aromatic heterocycles. The normalized spacial score (nSPS) is 17.0. The van der Waals surface area contributed by atoms with Crippen LogP contribution >= 0.6 is 35.0 Å². The van der Waals surface area contributed by atoms with E-state index in [0.717, 1.165) is 22.3 Å². The number of thioether (sulfide) groups is 1. The Morgan fingerprint density at radius 3 is 2.41 bits per heavy atom. The smallest absolute Gasteiger partial charge is 0.247 e. The molecule has 3 aromatic rings. The molecule has 1 fully saturated rings. The van der Waals surface area contributed by atoms with Gasteiger partial charge in [-0.25, -0.2) is 4.90 Å². The molecule has 0 bridgehead atoms. The van der Waals surface area contributed by atoms with E-state index in [1.807, 2.05) is 30.3 Å². The lowest BCUT2D eigenvalue weighted by molar-refractivity contribution is -0.121. The number of benzene rings is 2. The van der Waals surface area contributed by atoms with Crippen LogP contribution in [0.3, 0.4) is 0 Å². The standard InChI is InChI=1S/C17H11Cl2N5O2S/c18-10-6-11(19)8-13(7-10)23-15(25)9-14(16(23)26)27-17-20-21-22-24(17)12-4-2-1-3-5-12/h1-8,14H,9H2/t14-/m1/s1. The third kappa shape index (κ3) is 3.55. The first-order valence-corrected chi connectivity index (χ1v) is 9.50. The first kappa shape index (κ1) is 18.0. The fraction of sp³-hybridized carbons (Fsp3) is 0.118. The van der Waals surface area contributed by atoms with Gasteiger partial charge in [-0.3, -0.25) is 9.59 Å². The Hall–Kier alpha value is -2.42. The highest BCUT2D eigenvalue weighted by Crippen LogP contribution is 2.35. The first-order chi connectivity index (χ1) is 13.0. The minimum atomic E-state index is -0.635. The third-order valence-electron chi connectivity index (χ3n) is 3.90. The van der Waals surface area contributed by atoms with Gasteiger partial charge in [0.2, 0.25) is 17.0 Å². The molecule has 2 aromatic carbocycles. The maximum Gasteiger partial charge on any atom is 0.247 e. The van der Waals surface area contributed by atoms with Gasteiger partial charge in [0.15, 0.2) is 0 Å². The molecule has 0 N–H and O–H groups in total. The third-order valence-corrected chi connectivity index (χ3v) is 5.45. The number of aromatic nitrogens is 4. The summed E-state index contributed by atoms with van der Waals surface area (Å²) < 4.78 is 1.53. The van der Waals surface area contributed by atoms with Crippen molar-refractivity contribution in [3.8, 4) is 5.69 Å². The first-order valence-electron chi connectivity index (χ1n) is 7.86. The van der Waals surface area contributed by atoms with Crippen molar-refractivity contribution in [2.45, 2.75) is 16.8 Å². The van der Waals surface area contributed by atoms with Crippen molar-refractivity contribution < 1.29 is 9.59 Å². The van der Waals surface area contributed by atoms with Crippen LogP contribution in [-0.2, 0) is 9.59 Å². The number of tetrazole rings is 1. The summed E-state index contributed by atoms with van der Waals surface area (Å²) in [5, 5.41) is 12.1. The molecule has 1 aliphatic heterocycles. The van der Waals surface area contributed by atoms with E-state index < -0.39 is 5.25 Å². The fourth-order valence-electron chi connectivity index (χ4n) is 2.75. The van der Waals surface area contributed by atoms with E-state index in [1.54, 1.807) is 0 Å². The second-order valence-electron chi connectivity index (χ2n) is 5.71. The average Bonchev–Trinajstić information content (AvgIpc) is 3.20. The van der Waals surface area contributed by atoms with Crippen LogP contribution in [0.5, 0.6) is 0 Å². The van der Waals surface area contributed by atoms with Gasteiger partial charge in [0.05, 0.1) is 11.4 Å². The second kappa shape index (κ2) is 7.30. The van der Waals surface area contributed by atoms with Gasteiger partial charge in [0.1, 0.15) is 5.25 Å². The number of imide groups is 1. The van der Waals surface area contributed by atoms with Crippen molar-refractivity contribution in [2.75, 3.05) is 4.90 Å². The molecule has 2 heterocycles. The van der Waals surface area contributed by atoms with Gasteiger partial charge in [0.25, 0.3) is 0 Å². The summed E-state index contributed by atoms with van der Waals surface area (Å²) in [6, 6.07) is 13.9. The fourth-order valence-corrected chi connectivity index (χ4v) is 4.27. The van der Waals surface area contributed by atoms with E-state index in [-0.39, 0.29) is 18.2 Å². The molecule has 1 saturated heterocycles. The van der Waals surface area contributed by atoms with E-state index in [1.165, 1.54) is 22.9 Å². The van der Waals surface area contributed by atoms with Crippen LogP contribution < -0.4 is 4.90 Å². The van der Waals surface area contributed by atoms with Crippen LogP contribution in [0.4, 0.5) is 5.69 Å². The zero-order valence-corrected chi connectivity index (χ0v) is 15.9. The molecule has 0 radical (unpaired) electrons. The van der Waals surface area contributed by atoms with Crippen molar-refractivity contribution in [3.05, 3.63) is 58.6 Å². The van der Waals surface area contributed by atoms with Gasteiger partial charge in [-0.1, -0.05) is 53.2 Å². The SMILES string of the molecule is O=C1C[C@@H](Sc2nnnn2-c2ccccc2)C(=O)N1c1cc(Cl)cc(Cl)c1. The van der Waals surface area contributed by atoms with Crippen molar-refractivity contribution in [3.63, 3.8) is 0 Å². The average molecular weight is 420 g/mol. The van der Waals surface area contributed by atoms with E-state index in [0.29, 0.717) is 20.9 Å². The maximum atomic E-state index is 12.8. The number of nitrogens with zero attached hydrogens (tertiary/aromatic N) is 5. The molecule has 4 rings (SSSR count). The lowest BCUT2D eigenvalue weighted by Crippen LogP contribution is -2.31. The molecule has 2 amide bonds. The minimum Gasteiger partial charge on any atom is -0.274 e. The number of carbonyl (C=O) groups is 2. The zero-order chi connectivity index (χ0) is 19.0. The second-order valence-corrected chi connectivity index (χ2v) is 7.76. The lowest BCUT2D eigenvalue weighted by atomic mass is 10.3. The van der Waals surface area contributed by atoms with Crippen molar-refractivity contribution in [2.24, 2.45) is 0 Å². The van der Waals surface area contributed by atoms with Crippen LogP contribution in [0.2, 0.25) is 10.0 Å². The van der Waals surface area contributed by atoms with Gasteiger partial charge in [-0.2, -0.15) is 4.68 Å². The van der Waals surface area contributed by atoms with Gasteiger partial charge in [-0.15, -0.1) is 5.10 Å². The van der Waals surface area contributed by atoms with E-state index in [9.17, 15) is 9.59 Å². The molecule has 0 spiro atoms. The summed E-state index contributed by atoms with van der Waals surface area (Å²) in [6.07, 6.45) is 0.0370. The molecule has 27 heavy (non-hydrogen) atoms. The molecule has 1 aliphatic rings. The largest absolute Gasteiger partial charge is 0.274 e. The highest BCUT2D eigenvalue weighted by Gasteiger charge is 2.41. The summed E-state index contributed by atoms with van der Waals surface area (Å²) in [6.45, 7) is 0. The van der Waals surface area contributed by atoms with Gasteiger partial charge in [-0.05, 0) is 40.8 Å². The van der Waals surface area contributed by atoms with Crippen LogP contribution in [0, 0.1) is 0 Å². The number of halogens is 2. The van der Waals surface area contributed by atoms with Crippen molar-refractivity contribution in [1.29, 1.82) is 0 Å². The molecular formula is C17H11Cl2N5O2S. The highest BCUT2D eigenvalue weighted by molar-refractivity contribution is 8.00. The Kier molecular flexibility index (Phi) is 4.86. The Morgan fingerprint density at radius 1 is 1.00 bits per heavy atom. The highest BCUT2D eigenvalue weighted by atomic mass is 35.5. The van der Waals surface area contributed by atoms with Crippen LogP contribution in [0.25, 0.3) is 5.69 Å². The molecule has 0 unspecified atom stereocenters. The van der Waals surface area contributed by atoms with Crippen LogP contribution in [0.15, 0.2) is 53.7 Å². The topological polar surface area (TPSA) is 81.0 Å². The van der Waals surface area contributed by atoms with Crippen molar-refractivity contribution >= 4 is 52.5 Å². The lowest BCUT2D eigenvalue weighted by Gasteiger charge is -2.15. The van der Waals surface area contributed by atoms with Crippen LogP contribution in [-0.4, -0.2) is 37.3 Å². The van der Waals surface area contributed by atoms with Gasteiger partial charge < -0.3 is 0 Å². The summed E-state index contributed by atoms with van der Waals surface area (Å²) in [5.41, 5.74) is 1.12. The van der Waals surface area contributed by atoms with E-state index in [4.69, 9.17) is 23.2 Å². The Bertz CT molecular complexity index is 1010. The van der Waals surface area contributed by atoms with Gasteiger partial charge in [0, 0.05) is 16.5 Å². The monoisotopic (exact) mass is 419 g/mol. The maximum absolute atomic E-state index is 12.8. The molecule has 10 heteroatoms. The molecular weight excluding hydrogens is 409 g/mol. The Labute approximate surface area is 168 Å². The predicted molar refractivity (Wildman–Crippen MR) is 102 cm³/mol. The number of rotatable bonds is 4. The molecule has 136 valence electrons. The van der Waals surface area contributed by atoms with Crippen molar-refractivity contribution in [1.82, 2.24) is 20.2 Å². The molecule has 0 saturated carbocycles. The molecule has 1 atom stereocenters. The summed E-state index contributed by atoms with van der Waals surface area (Å²) >= 11 is 13.1. The quantitative estimate of drug-likeness (QED) is 0.602. The number of carbonyl (C=O) groups excluding carboxylic acids is 2. The predicted octanol–water partition coefficient (Wildman–Crippen LogP) is 3.39. The van der Waals surface area contributed by atoms with E-state index >= 15 is 0 Å². The zero-order valence-electron chi connectivity index (χ0n) is 13.6. The van der Waals surface area contributed by atoms with Gasteiger partial charge >= 0.3 is 0 Å². The minimum absolute atomic E-state index is 0.0370. The number of para-hydroxylation sites is 1. The number of anilines is 1. The molecule has 7 nitrogen and oxygen atoms in total. The summed E-state index contributed by atoms with van der Waals surface area (Å²) in [5.74, 6) is -0.680. The summed E-state index contributed by atoms with van der Waals surface area (Å²) in [7, 11) is 0. The van der Waals surface area contributed by atoms with E-state index in [2.05, 4.69) is 15.5 Å². The Balaban J connectivity index is 1.60. The summed E-state index contributed by atoms with van der Waals surface area (Å²) in [4.78, 5) is 26.4. The number of hydrogen-bond acceptors (Lipinski definition) is 6. The molecule has 0 aliphatic carbocycles. The Morgan fingerprint density at radius 2 is 1.70 bits per heavy atom. The number of hydrogen-bond donors (Lipinski definition) is 0.